The summed E-state index contributed by atoms with van der Waals surface area (Å²) in [4.78, 5) is 16.2. The van der Waals surface area contributed by atoms with Crippen molar-refractivity contribution in [1.29, 1.82) is 5.26 Å². The molecule has 2 heterocycles. The first-order valence-corrected chi connectivity index (χ1v) is 8.54. The number of hydrogen-bond acceptors (Lipinski definition) is 4. The number of nitriles is 1. The van der Waals surface area contributed by atoms with Crippen LogP contribution in [0.1, 0.15) is 39.2 Å². The number of carbonyl (C=O) groups is 1. The molecule has 0 aliphatic carbocycles. The Balaban J connectivity index is 1.56. The van der Waals surface area contributed by atoms with Crippen molar-refractivity contribution in [2.75, 3.05) is 31.1 Å². The fourth-order valence-electron chi connectivity index (χ4n) is 3.60. The first-order chi connectivity index (χ1) is 11.3. The minimum absolute atomic E-state index is 0.203. The molecule has 5 heteroatoms. The maximum absolute atomic E-state index is 12.1. The fourth-order valence-corrected chi connectivity index (χ4v) is 3.60. The van der Waals surface area contributed by atoms with Crippen LogP contribution in [0.3, 0.4) is 0 Å². The Kier molecular flexibility index (Phi) is 4.16. The Bertz CT molecular complexity index is 656. The molecule has 24 heavy (non-hydrogen) atoms. The van der Waals surface area contributed by atoms with Gasteiger partial charge >= 0.3 is 6.09 Å². The molecule has 128 valence electrons. The summed E-state index contributed by atoms with van der Waals surface area (Å²) in [5.41, 5.74) is 1.55. The second-order valence-electron chi connectivity index (χ2n) is 7.95. The van der Waals surface area contributed by atoms with E-state index in [1.807, 2.05) is 49.9 Å². The lowest BCUT2D eigenvalue weighted by atomic mass is 9.72. The van der Waals surface area contributed by atoms with Crippen molar-refractivity contribution in [3.05, 3.63) is 29.8 Å². The Hall–Kier alpha value is -2.22. The van der Waals surface area contributed by atoms with Crippen LogP contribution < -0.4 is 4.90 Å². The van der Waals surface area contributed by atoms with Crippen LogP contribution in [-0.2, 0) is 4.74 Å². The van der Waals surface area contributed by atoms with E-state index in [-0.39, 0.29) is 11.5 Å². The first-order valence-electron chi connectivity index (χ1n) is 8.54. The average Bonchev–Trinajstić information content (AvgIpc) is 2.51. The van der Waals surface area contributed by atoms with Gasteiger partial charge in [-0.25, -0.2) is 4.79 Å². The number of amides is 1. The predicted octanol–water partition coefficient (Wildman–Crippen LogP) is 3.40. The lowest BCUT2D eigenvalue weighted by Gasteiger charge is -2.54. The summed E-state index contributed by atoms with van der Waals surface area (Å²) >= 11 is 0. The minimum atomic E-state index is -0.440. The molecule has 5 nitrogen and oxygen atoms in total. The minimum Gasteiger partial charge on any atom is -0.444 e. The number of nitrogens with zero attached hydrogens (tertiary/aromatic N) is 3. The third-order valence-electron chi connectivity index (χ3n) is 4.89. The first kappa shape index (κ1) is 16.6. The Morgan fingerprint density at radius 1 is 1.21 bits per heavy atom. The van der Waals surface area contributed by atoms with Crippen LogP contribution in [0.2, 0.25) is 0 Å². The molecule has 3 rings (SSSR count). The SMILES string of the molecule is CC(C)(C)OC(=O)N1CC2(CCN(c3ccccc3C#N)CC2)C1. The summed E-state index contributed by atoms with van der Waals surface area (Å²) < 4.78 is 5.44. The van der Waals surface area contributed by atoms with E-state index in [0.29, 0.717) is 0 Å². The van der Waals surface area contributed by atoms with Crippen LogP contribution in [0, 0.1) is 16.7 Å². The van der Waals surface area contributed by atoms with Crippen LogP contribution >= 0.6 is 0 Å². The lowest BCUT2D eigenvalue weighted by Crippen LogP contribution is -2.62. The number of benzene rings is 1. The number of ether oxygens (including phenoxy) is 1. The van der Waals surface area contributed by atoms with Gasteiger partial charge in [0.1, 0.15) is 11.7 Å². The highest BCUT2D eigenvalue weighted by Crippen LogP contribution is 2.42. The van der Waals surface area contributed by atoms with Crippen molar-refractivity contribution < 1.29 is 9.53 Å². The van der Waals surface area contributed by atoms with Crippen molar-refractivity contribution in [3.8, 4) is 6.07 Å². The molecule has 2 aliphatic rings. The number of carbonyl (C=O) groups excluding carboxylic acids is 1. The van der Waals surface area contributed by atoms with Gasteiger partial charge in [-0.1, -0.05) is 12.1 Å². The predicted molar refractivity (Wildman–Crippen MR) is 92.8 cm³/mol. The summed E-state index contributed by atoms with van der Waals surface area (Å²) in [5, 5.41) is 9.26. The number of anilines is 1. The van der Waals surface area contributed by atoms with Gasteiger partial charge in [-0.3, -0.25) is 0 Å². The Labute approximate surface area is 143 Å². The summed E-state index contributed by atoms with van der Waals surface area (Å²) in [5.74, 6) is 0. The maximum Gasteiger partial charge on any atom is 0.410 e. The number of rotatable bonds is 1. The Morgan fingerprint density at radius 3 is 2.42 bits per heavy atom. The lowest BCUT2D eigenvalue weighted by molar-refractivity contribution is -0.0434. The van der Waals surface area contributed by atoms with Crippen LogP contribution in [0.4, 0.5) is 10.5 Å². The van der Waals surface area contributed by atoms with Gasteiger partial charge in [0.25, 0.3) is 0 Å². The number of likely N-dealkylation sites (tertiary alicyclic amines) is 1. The highest BCUT2D eigenvalue weighted by atomic mass is 16.6. The quantitative estimate of drug-likeness (QED) is 0.793. The number of hydrogen-bond donors (Lipinski definition) is 0. The van der Waals surface area contributed by atoms with Gasteiger partial charge in [0.15, 0.2) is 0 Å². The maximum atomic E-state index is 12.1. The summed E-state index contributed by atoms with van der Waals surface area (Å²) in [7, 11) is 0. The number of piperidine rings is 1. The van der Waals surface area contributed by atoms with Crippen molar-refractivity contribution >= 4 is 11.8 Å². The fraction of sp³-hybridized carbons (Fsp3) is 0.579. The smallest absolute Gasteiger partial charge is 0.410 e. The van der Waals surface area contributed by atoms with Gasteiger partial charge in [0.2, 0.25) is 0 Å². The van der Waals surface area contributed by atoms with E-state index in [1.54, 1.807) is 0 Å². The van der Waals surface area contributed by atoms with Gasteiger partial charge in [-0.2, -0.15) is 5.26 Å². The highest BCUT2D eigenvalue weighted by molar-refractivity contribution is 5.69. The molecule has 2 fully saturated rings. The van der Waals surface area contributed by atoms with Gasteiger partial charge in [0, 0.05) is 31.6 Å². The second kappa shape index (κ2) is 6.01. The largest absolute Gasteiger partial charge is 0.444 e. The molecule has 2 saturated heterocycles. The summed E-state index contributed by atoms with van der Waals surface area (Å²) in [6.45, 7) is 9.12. The van der Waals surface area contributed by atoms with E-state index in [0.717, 1.165) is 50.3 Å². The summed E-state index contributed by atoms with van der Waals surface area (Å²) in [6.07, 6.45) is 1.89. The van der Waals surface area contributed by atoms with E-state index >= 15 is 0 Å². The monoisotopic (exact) mass is 327 g/mol. The third kappa shape index (κ3) is 3.33. The molecular formula is C19H25N3O2. The average molecular weight is 327 g/mol. The number of para-hydroxylation sites is 1. The van der Waals surface area contributed by atoms with E-state index in [1.165, 1.54) is 0 Å². The zero-order valence-electron chi connectivity index (χ0n) is 14.7. The Morgan fingerprint density at radius 2 is 1.83 bits per heavy atom. The molecule has 1 amide bonds. The molecule has 0 radical (unpaired) electrons. The molecular weight excluding hydrogens is 302 g/mol. The van der Waals surface area contributed by atoms with E-state index < -0.39 is 5.60 Å². The molecule has 1 aromatic carbocycles. The molecule has 0 bridgehead atoms. The van der Waals surface area contributed by atoms with E-state index in [4.69, 9.17) is 4.74 Å². The van der Waals surface area contributed by atoms with E-state index in [9.17, 15) is 10.1 Å². The molecule has 0 atom stereocenters. The normalized spacial score (nSPS) is 19.6. The topological polar surface area (TPSA) is 56.6 Å². The zero-order valence-corrected chi connectivity index (χ0v) is 14.7. The molecule has 1 aromatic rings. The van der Waals surface area contributed by atoms with Gasteiger partial charge < -0.3 is 14.5 Å². The van der Waals surface area contributed by atoms with Gasteiger partial charge in [-0.05, 0) is 45.7 Å². The standard InChI is InChI=1S/C19H25N3O2/c1-18(2,3)24-17(23)22-13-19(14-22)8-10-21(11-9-19)16-7-5-4-6-15(16)12-20/h4-7H,8-11,13-14H2,1-3H3. The van der Waals surface area contributed by atoms with Crippen LogP contribution in [0.15, 0.2) is 24.3 Å². The summed E-state index contributed by atoms with van der Waals surface area (Å²) in [6, 6.07) is 10.0. The van der Waals surface area contributed by atoms with Crippen molar-refractivity contribution in [1.82, 2.24) is 4.90 Å². The van der Waals surface area contributed by atoms with Crippen LogP contribution in [0.5, 0.6) is 0 Å². The van der Waals surface area contributed by atoms with Gasteiger partial charge in [0.05, 0.1) is 11.3 Å². The van der Waals surface area contributed by atoms with Crippen molar-refractivity contribution in [2.45, 2.75) is 39.2 Å². The van der Waals surface area contributed by atoms with Gasteiger partial charge in [-0.15, -0.1) is 0 Å². The van der Waals surface area contributed by atoms with Crippen molar-refractivity contribution in [3.63, 3.8) is 0 Å². The molecule has 0 aromatic heterocycles. The third-order valence-corrected chi connectivity index (χ3v) is 4.89. The molecule has 0 N–H and O–H groups in total. The van der Waals surface area contributed by atoms with E-state index in [2.05, 4.69) is 11.0 Å². The van der Waals surface area contributed by atoms with Crippen molar-refractivity contribution in [2.24, 2.45) is 5.41 Å². The zero-order chi connectivity index (χ0) is 17.4. The van der Waals surface area contributed by atoms with Crippen LogP contribution in [0.25, 0.3) is 0 Å². The molecule has 1 spiro atoms. The molecule has 0 saturated carbocycles. The molecule has 2 aliphatic heterocycles. The molecule has 0 unspecified atom stereocenters. The van der Waals surface area contributed by atoms with Crippen LogP contribution in [-0.4, -0.2) is 42.8 Å². The second-order valence-corrected chi connectivity index (χ2v) is 7.95. The highest BCUT2D eigenvalue weighted by Gasteiger charge is 2.47.